The molecular formula is C19H19BrClN3O. The number of aromatic nitrogens is 2. The molecule has 3 rings (SSSR count). The highest BCUT2D eigenvalue weighted by atomic mass is 79.9. The van der Waals surface area contributed by atoms with Crippen molar-refractivity contribution < 1.29 is 21.7 Å². The van der Waals surface area contributed by atoms with E-state index < -0.39 is 0 Å². The zero-order valence-electron chi connectivity index (χ0n) is 13.8. The number of nitrogens with zero attached hydrogens (tertiary/aromatic N) is 2. The molecule has 0 aliphatic carbocycles. The fourth-order valence-corrected chi connectivity index (χ4v) is 2.86. The average molecular weight is 421 g/mol. The topological polar surface area (TPSA) is 52.0 Å². The normalized spacial score (nSPS) is 11.4. The first kappa shape index (κ1) is 19.2. The fraction of sp³-hybridized carbons (Fsp3) is 0.158. The van der Waals surface area contributed by atoms with Gasteiger partial charge in [-0.15, -0.1) is 0 Å². The van der Waals surface area contributed by atoms with Gasteiger partial charge in [-0.3, -0.25) is 5.73 Å². The second kappa shape index (κ2) is 8.83. The monoisotopic (exact) mass is 419 g/mol. The van der Waals surface area contributed by atoms with Crippen molar-refractivity contribution in [1.29, 1.82) is 0 Å². The molecule has 1 heterocycles. The first-order chi connectivity index (χ1) is 11.7. The van der Waals surface area contributed by atoms with E-state index in [1.165, 1.54) is 0 Å². The van der Waals surface area contributed by atoms with Crippen molar-refractivity contribution in [2.24, 2.45) is 0 Å². The second-order valence-electron chi connectivity index (χ2n) is 5.39. The molecule has 1 aromatic heterocycles. The number of ether oxygens (including phenoxy) is 1. The maximum Gasteiger partial charge on any atom is 0.392 e. The molecule has 1 atom stereocenters. The quantitative estimate of drug-likeness (QED) is 0.634. The maximum absolute atomic E-state index is 6.15. The Morgan fingerprint density at radius 3 is 2.44 bits per heavy atom. The molecule has 130 valence electrons. The summed E-state index contributed by atoms with van der Waals surface area (Å²) in [6.45, 7) is 2.06. The minimum atomic E-state index is -0.236. The molecule has 6 heteroatoms. The number of halogens is 2. The summed E-state index contributed by atoms with van der Waals surface area (Å²) < 4.78 is 8.94. The van der Waals surface area contributed by atoms with Crippen LogP contribution in [0.3, 0.4) is 0 Å². The van der Waals surface area contributed by atoms with Crippen LogP contribution in [0.5, 0.6) is 5.75 Å². The van der Waals surface area contributed by atoms with Crippen LogP contribution >= 0.6 is 15.9 Å². The van der Waals surface area contributed by atoms with E-state index in [2.05, 4.69) is 27.8 Å². The third-order valence-corrected chi connectivity index (χ3v) is 4.40. The highest BCUT2D eigenvalue weighted by Crippen LogP contribution is 2.27. The van der Waals surface area contributed by atoms with Gasteiger partial charge >= 0.3 is 5.95 Å². The molecule has 0 spiro atoms. The van der Waals surface area contributed by atoms with Gasteiger partial charge in [0, 0.05) is 12.0 Å². The van der Waals surface area contributed by atoms with Crippen LogP contribution in [0.25, 0.3) is 11.1 Å². The van der Waals surface area contributed by atoms with Gasteiger partial charge in [0.2, 0.25) is 6.23 Å². The Hall–Kier alpha value is -2.11. The minimum Gasteiger partial charge on any atom is -1.00 e. The maximum atomic E-state index is 6.15. The molecule has 3 aromatic rings. The van der Waals surface area contributed by atoms with Crippen molar-refractivity contribution in [1.82, 2.24) is 4.98 Å². The van der Waals surface area contributed by atoms with Crippen LogP contribution in [0.15, 0.2) is 71.5 Å². The average Bonchev–Trinajstić information content (AvgIpc) is 2.62. The van der Waals surface area contributed by atoms with Crippen molar-refractivity contribution in [3.8, 4) is 16.9 Å². The van der Waals surface area contributed by atoms with Crippen LogP contribution in [-0.4, -0.2) is 4.98 Å². The van der Waals surface area contributed by atoms with E-state index in [9.17, 15) is 0 Å². The smallest absolute Gasteiger partial charge is 0.392 e. The predicted molar refractivity (Wildman–Crippen MR) is 98.4 cm³/mol. The lowest BCUT2D eigenvalue weighted by Crippen LogP contribution is -3.00. The lowest BCUT2D eigenvalue weighted by Gasteiger charge is -2.19. The van der Waals surface area contributed by atoms with Crippen molar-refractivity contribution in [3.05, 3.63) is 71.5 Å². The van der Waals surface area contributed by atoms with Gasteiger partial charge in [0.05, 0.1) is 10.7 Å². The second-order valence-corrected chi connectivity index (χ2v) is 6.24. The van der Waals surface area contributed by atoms with Crippen LogP contribution in [-0.2, 0) is 0 Å². The summed E-state index contributed by atoms with van der Waals surface area (Å²) in [5.41, 5.74) is 8.19. The van der Waals surface area contributed by atoms with E-state index in [4.69, 9.17) is 10.5 Å². The summed E-state index contributed by atoms with van der Waals surface area (Å²) in [5.74, 6) is 1.20. The molecular weight excluding hydrogens is 402 g/mol. The lowest BCUT2D eigenvalue weighted by molar-refractivity contribution is -0.743. The molecule has 2 aromatic carbocycles. The Bertz CT molecular complexity index is 830. The number of nitrogen functional groups attached to an aromatic ring is 1. The van der Waals surface area contributed by atoms with Gasteiger partial charge in [0.25, 0.3) is 0 Å². The lowest BCUT2D eigenvalue weighted by atomic mass is 10.1. The molecule has 0 saturated heterocycles. The Morgan fingerprint density at radius 2 is 1.76 bits per heavy atom. The Morgan fingerprint density at radius 1 is 1.08 bits per heavy atom. The number of nitrogens with two attached hydrogens (primary N) is 1. The highest BCUT2D eigenvalue weighted by molar-refractivity contribution is 9.10. The summed E-state index contributed by atoms with van der Waals surface area (Å²) in [7, 11) is 0. The predicted octanol–water partition coefficient (Wildman–Crippen LogP) is 1.37. The SMILES string of the molecule is CCC(Oc1ccccc1Br)[n+]1cc(-c2ccccc2)cnc1N.[Cl-]. The highest BCUT2D eigenvalue weighted by Gasteiger charge is 2.20. The van der Waals surface area contributed by atoms with Gasteiger partial charge in [0.1, 0.15) is 11.9 Å². The van der Waals surface area contributed by atoms with E-state index in [1.54, 1.807) is 6.20 Å². The van der Waals surface area contributed by atoms with Gasteiger partial charge in [-0.2, -0.15) is 4.57 Å². The molecule has 25 heavy (non-hydrogen) atoms. The number of anilines is 1. The fourth-order valence-electron chi connectivity index (χ4n) is 2.49. The summed E-state index contributed by atoms with van der Waals surface area (Å²) >= 11 is 3.52. The van der Waals surface area contributed by atoms with E-state index in [1.807, 2.05) is 65.4 Å². The van der Waals surface area contributed by atoms with E-state index in [0.29, 0.717) is 5.95 Å². The van der Waals surface area contributed by atoms with Gasteiger partial charge in [-0.05, 0) is 33.6 Å². The molecule has 4 nitrogen and oxygen atoms in total. The molecule has 0 amide bonds. The van der Waals surface area contributed by atoms with Crippen LogP contribution in [0.2, 0.25) is 0 Å². The molecule has 0 saturated carbocycles. The summed E-state index contributed by atoms with van der Waals surface area (Å²) in [5, 5.41) is 0. The largest absolute Gasteiger partial charge is 1.00 e. The van der Waals surface area contributed by atoms with E-state index in [-0.39, 0.29) is 18.6 Å². The Labute approximate surface area is 162 Å². The minimum absolute atomic E-state index is 0. The number of rotatable bonds is 5. The van der Waals surface area contributed by atoms with E-state index >= 15 is 0 Å². The van der Waals surface area contributed by atoms with Gasteiger partial charge in [-0.25, -0.2) is 0 Å². The van der Waals surface area contributed by atoms with Crippen molar-refractivity contribution in [2.75, 3.05) is 5.73 Å². The van der Waals surface area contributed by atoms with E-state index in [0.717, 1.165) is 27.8 Å². The van der Waals surface area contributed by atoms with Crippen LogP contribution < -0.4 is 27.4 Å². The third kappa shape index (κ3) is 4.50. The Kier molecular flexibility index (Phi) is 6.79. The number of hydrogen-bond donors (Lipinski definition) is 1. The van der Waals surface area contributed by atoms with Crippen LogP contribution in [0, 0.1) is 0 Å². The zero-order valence-corrected chi connectivity index (χ0v) is 16.1. The molecule has 0 radical (unpaired) electrons. The zero-order chi connectivity index (χ0) is 16.9. The summed E-state index contributed by atoms with van der Waals surface area (Å²) in [6.07, 6.45) is 4.30. The summed E-state index contributed by atoms with van der Waals surface area (Å²) in [4.78, 5) is 4.34. The number of hydrogen-bond acceptors (Lipinski definition) is 3. The van der Waals surface area contributed by atoms with Gasteiger partial charge in [-0.1, -0.05) is 54.4 Å². The molecule has 0 aliphatic heterocycles. The molecule has 0 aliphatic rings. The standard InChI is InChI=1S/C19H18BrN3O.ClH/c1-2-18(24-17-11-7-6-10-16(17)20)23-13-15(12-22-19(23)21)14-8-4-3-5-9-14;/h3-13,18,21H,2H2,1H3;1H. The summed E-state index contributed by atoms with van der Waals surface area (Å²) in [6, 6.07) is 17.9. The van der Waals surface area contributed by atoms with Crippen LogP contribution in [0.4, 0.5) is 5.95 Å². The Balaban J connectivity index is 0.00000225. The third-order valence-electron chi connectivity index (χ3n) is 3.74. The number of para-hydroxylation sites is 1. The first-order valence-electron chi connectivity index (χ1n) is 7.82. The van der Waals surface area contributed by atoms with Crippen molar-refractivity contribution >= 4 is 21.9 Å². The van der Waals surface area contributed by atoms with Crippen molar-refractivity contribution in [3.63, 3.8) is 0 Å². The first-order valence-corrected chi connectivity index (χ1v) is 8.61. The van der Waals surface area contributed by atoms with Crippen molar-refractivity contribution in [2.45, 2.75) is 19.6 Å². The molecule has 0 bridgehead atoms. The van der Waals surface area contributed by atoms with Crippen LogP contribution in [0.1, 0.15) is 19.6 Å². The molecule has 0 fully saturated rings. The molecule has 1 unspecified atom stereocenters. The van der Waals surface area contributed by atoms with Gasteiger partial charge in [0.15, 0.2) is 0 Å². The van der Waals surface area contributed by atoms with Gasteiger partial charge < -0.3 is 17.1 Å². The number of benzene rings is 2. The molecule has 2 N–H and O–H groups in total.